The molecule has 0 saturated carbocycles. The van der Waals surface area contributed by atoms with E-state index >= 15 is 0 Å². The third-order valence-corrected chi connectivity index (χ3v) is 5.81. The van der Waals surface area contributed by atoms with E-state index in [1.165, 1.54) is 30.3 Å². The molecule has 3 rings (SSSR count). The number of hydrogen-bond donors (Lipinski definition) is 2. The summed E-state index contributed by atoms with van der Waals surface area (Å²) in [5.41, 5.74) is 1.23. The predicted octanol–water partition coefficient (Wildman–Crippen LogP) is 4.12. The van der Waals surface area contributed by atoms with Gasteiger partial charge in [-0.25, -0.2) is 8.42 Å². The maximum absolute atomic E-state index is 12.6. The molecule has 1 amide bonds. The monoisotopic (exact) mass is 435 g/mol. The minimum atomic E-state index is -3.97. The Bertz CT molecular complexity index is 1110. The molecule has 2 N–H and O–H groups in total. The number of anilines is 1. The summed E-state index contributed by atoms with van der Waals surface area (Å²) in [4.78, 5) is 16.3. The lowest BCUT2D eigenvalue weighted by Gasteiger charge is -2.11. The summed E-state index contributed by atoms with van der Waals surface area (Å²) in [5, 5.41) is 3.02. The highest BCUT2D eigenvalue weighted by Gasteiger charge is 2.19. The molecule has 0 fully saturated rings. The second-order valence-corrected chi connectivity index (χ2v) is 8.26. The first-order chi connectivity index (χ1) is 13.3. The van der Waals surface area contributed by atoms with Crippen molar-refractivity contribution in [2.45, 2.75) is 11.4 Å². The minimum Gasteiger partial charge on any atom is -0.346 e. The maximum atomic E-state index is 12.6. The first-order valence-corrected chi connectivity index (χ1v) is 10.3. The summed E-state index contributed by atoms with van der Waals surface area (Å²) >= 11 is 11.8. The highest BCUT2D eigenvalue weighted by atomic mass is 35.5. The van der Waals surface area contributed by atoms with Crippen LogP contribution in [0.2, 0.25) is 10.0 Å². The SMILES string of the molecule is O=C(NCc1ccccn1)c1cccc(NS(=O)(=O)c2cc(Cl)ccc2Cl)c1. The summed E-state index contributed by atoms with van der Waals surface area (Å²) in [5.74, 6) is -0.354. The molecule has 0 aliphatic heterocycles. The average Bonchev–Trinajstić information content (AvgIpc) is 2.68. The van der Waals surface area contributed by atoms with Gasteiger partial charge in [-0.05, 0) is 48.5 Å². The maximum Gasteiger partial charge on any atom is 0.263 e. The summed E-state index contributed by atoms with van der Waals surface area (Å²) in [6.45, 7) is 0.258. The fourth-order valence-corrected chi connectivity index (χ4v) is 4.21. The van der Waals surface area contributed by atoms with Crippen molar-refractivity contribution in [1.29, 1.82) is 0 Å². The molecule has 3 aromatic rings. The standard InChI is InChI=1S/C19H15Cl2N3O3S/c20-14-7-8-17(21)18(11-14)28(26,27)24-15-6-3-4-13(10-15)19(25)23-12-16-5-1-2-9-22-16/h1-11,24H,12H2,(H,23,25). The van der Waals surface area contributed by atoms with Crippen LogP contribution in [0.15, 0.2) is 71.8 Å². The Morgan fingerprint density at radius 3 is 2.57 bits per heavy atom. The molecule has 0 saturated heterocycles. The van der Waals surface area contributed by atoms with Crippen LogP contribution in [-0.2, 0) is 16.6 Å². The van der Waals surface area contributed by atoms with Gasteiger partial charge >= 0.3 is 0 Å². The number of amides is 1. The lowest BCUT2D eigenvalue weighted by atomic mass is 10.2. The number of carbonyl (C=O) groups is 1. The summed E-state index contributed by atoms with van der Waals surface area (Å²) < 4.78 is 27.6. The van der Waals surface area contributed by atoms with Gasteiger partial charge in [0, 0.05) is 22.5 Å². The quantitative estimate of drug-likeness (QED) is 0.609. The summed E-state index contributed by atoms with van der Waals surface area (Å²) in [6, 6.07) is 15.7. The topological polar surface area (TPSA) is 88.2 Å². The molecule has 6 nitrogen and oxygen atoms in total. The van der Waals surface area contributed by atoms with E-state index in [0.29, 0.717) is 11.3 Å². The van der Waals surface area contributed by atoms with Crippen LogP contribution in [0.25, 0.3) is 0 Å². The first kappa shape index (κ1) is 20.1. The van der Waals surface area contributed by atoms with Gasteiger partial charge < -0.3 is 5.32 Å². The van der Waals surface area contributed by atoms with Crippen molar-refractivity contribution in [2.75, 3.05) is 4.72 Å². The lowest BCUT2D eigenvalue weighted by Crippen LogP contribution is -2.23. The normalized spacial score (nSPS) is 11.1. The Hall–Kier alpha value is -2.61. The molecule has 1 aromatic heterocycles. The molecule has 2 aromatic carbocycles. The number of hydrogen-bond acceptors (Lipinski definition) is 4. The summed E-state index contributed by atoms with van der Waals surface area (Å²) in [7, 11) is -3.97. The van der Waals surface area contributed by atoms with E-state index in [0.717, 1.165) is 0 Å². The molecule has 0 unspecified atom stereocenters. The van der Waals surface area contributed by atoms with Crippen molar-refractivity contribution in [3.63, 3.8) is 0 Å². The van der Waals surface area contributed by atoms with E-state index in [1.54, 1.807) is 30.5 Å². The van der Waals surface area contributed by atoms with Gasteiger partial charge in [-0.2, -0.15) is 0 Å². The minimum absolute atomic E-state index is 0.0427. The van der Waals surface area contributed by atoms with Gasteiger partial charge in [0.25, 0.3) is 15.9 Å². The second kappa shape index (κ2) is 8.60. The molecule has 9 heteroatoms. The second-order valence-electron chi connectivity index (χ2n) is 5.76. The van der Waals surface area contributed by atoms with Gasteiger partial charge in [-0.3, -0.25) is 14.5 Å². The summed E-state index contributed by atoms with van der Waals surface area (Å²) in [6.07, 6.45) is 1.64. The van der Waals surface area contributed by atoms with Crippen molar-refractivity contribution in [2.24, 2.45) is 0 Å². The third kappa shape index (κ3) is 5.01. The number of carbonyl (C=O) groups excluding carboxylic acids is 1. The van der Waals surface area contributed by atoms with Crippen LogP contribution in [0.1, 0.15) is 16.1 Å². The van der Waals surface area contributed by atoms with E-state index in [1.807, 2.05) is 6.07 Å². The largest absolute Gasteiger partial charge is 0.346 e. The molecule has 1 heterocycles. The molecular weight excluding hydrogens is 421 g/mol. The average molecular weight is 436 g/mol. The fraction of sp³-hybridized carbons (Fsp3) is 0.0526. The van der Waals surface area contributed by atoms with Gasteiger partial charge in [-0.1, -0.05) is 35.3 Å². The fourth-order valence-electron chi connectivity index (χ4n) is 2.39. The van der Waals surface area contributed by atoms with E-state index in [9.17, 15) is 13.2 Å². The van der Waals surface area contributed by atoms with Crippen molar-refractivity contribution in [3.8, 4) is 0 Å². The smallest absolute Gasteiger partial charge is 0.263 e. The van der Waals surface area contributed by atoms with Gasteiger partial charge in [0.15, 0.2) is 0 Å². The van der Waals surface area contributed by atoms with Crippen LogP contribution in [0.3, 0.4) is 0 Å². The van der Waals surface area contributed by atoms with E-state index < -0.39 is 10.0 Å². The Morgan fingerprint density at radius 2 is 1.82 bits per heavy atom. The van der Waals surface area contributed by atoms with Crippen molar-refractivity contribution in [3.05, 3.63) is 88.2 Å². The molecular formula is C19H15Cl2N3O3S. The molecule has 0 aliphatic rings. The van der Waals surface area contributed by atoms with E-state index in [2.05, 4.69) is 15.0 Å². The molecule has 0 spiro atoms. The van der Waals surface area contributed by atoms with Crippen LogP contribution >= 0.6 is 23.2 Å². The first-order valence-electron chi connectivity index (χ1n) is 8.11. The molecule has 144 valence electrons. The van der Waals surface area contributed by atoms with Crippen molar-refractivity contribution >= 4 is 44.8 Å². The highest BCUT2D eigenvalue weighted by molar-refractivity contribution is 7.92. The Balaban J connectivity index is 1.75. The number of benzene rings is 2. The molecule has 0 radical (unpaired) electrons. The zero-order valence-corrected chi connectivity index (χ0v) is 16.7. The molecule has 0 bridgehead atoms. The van der Waals surface area contributed by atoms with Gasteiger partial charge in [0.05, 0.1) is 17.3 Å². The number of nitrogens with one attached hydrogen (secondary N) is 2. The zero-order chi connectivity index (χ0) is 20.1. The van der Waals surface area contributed by atoms with Crippen LogP contribution in [-0.4, -0.2) is 19.3 Å². The van der Waals surface area contributed by atoms with E-state index in [-0.39, 0.29) is 33.1 Å². The van der Waals surface area contributed by atoms with Gasteiger partial charge in [0.2, 0.25) is 0 Å². The van der Waals surface area contributed by atoms with Crippen LogP contribution in [0.5, 0.6) is 0 Å². The Morgan fingerprint density at radius 1 is 1.00 bits per heavy atom. The van der Waals surface area contributed by atoms with Gasteiger partial charge in [0.1, 0.15) is 4.90 Å². The van der Waals surface area contributed by atoms with Gasteiger partial charge in [-0.15, -0.1) is 0 Å². The molecule has 0 atom stereocenters. The third-order valence-electron chi connectivity index (χ3n) is 3.72. The van der Waals surface area contributed by atoms with E-state index in [4.69, 9.17) is 23.2 Å². The number of rotatable bonds is 6. The number of nitrogens with zero attached hydrogens (tertiary/aromatic N) is 1. The van der Waals surface area contributed by atoms with Crippen molar-refractivity contribution in [1.82, 2.24) is 10.3 Å². The number of sulfonamides is 1. The van der Waals surface area contributed by atoms with Crippen LogP contribution in [0.4, 0.5) is 5.69 Å². The number of halogens is 2. The Kier molecular flexibility index (Phi) is 6.18. The van der Waals surface area contributed by atoms with Crippen molar-refractivity contribution < 1.29 is 13.2 Å². The Labute approximate surface area is 172 Å². The molecule has 0 aliphatic carbocycles. The number of aromatic nitrogens is 1. The van der Waals surface area contributed by atoms with Crippen LogP contribution < -0.4 is 10.0 Å². The number of pyridine rings is 1. The van der Waals surface area contributed by atoms with Crippen LogP contribution in [0, 0.1) is 0 Å². The zero-order valence-electron chi connectivity index (χ0n) is 14.4. The highest BCUT2D eigenvalue weighted by Crippen LogP contribution is 2.27. The predicted molar refractivity (Wildman–Crippen MR) is 109 cm³/mol. The molecule has 28 heavy (non-hydrogen) atoms. The lowest BCUT2D eigenvalue weighted by molar-refractivity contribution is 0.0950.